The van der Waals surface area contributed by atoms with E-state index in [2.05, 4.69) is 13.8 Å². The summed E-state index contributed by atoms with van der Waals surface area (Å²) in [5.41, 5.74) is 7.95. The van der Waals surface area contributed by atoms with E-state index in [4.69, 9.17) is 15.6 Å². The van der Waals surface area contributed by atoms with Gasteiger partial charge in [0.2, 0.25) is 0 Å². The largest absolute Gasteiger partial charge is 0.487 e. The number of benzene rings is 1. The first-order valence-corrected chi connectivity index (χ1v) is 6.16. The molecular weight excluding hydrogens is 230 g/mol. The Bertz CT molecular complexity index is 468. The molecule has 1 unspecified atom stereocenters. The highest BCUT2D eigenvalue weighted by Crippen LogP contribution is 2.36. The summed E-state index contributed by atoms with van der Waals surface area (Å²) in [6.07, 6.45) is 1.43. The van der Waals surface area contributed by atoms with Crippen LogP contribution in [0.15, 0.2) is 18.2 Å². The predicted molar refractivity (Wildman–Crippen MR) is 68.7 cm³/mol. The molecule has 0 bridgehead atoms. The maximum Gasteiger partial charge on any atom is 0.303 e. The summed E-state index contributed by atoms with van der Waals surface area (Å²) in [5, 5.41) is 8.65. The van der Waals surface area contributed by atoms with Crippen molar-refractivity contribution in [2.45, 2.75) is 44.8 Å². The Balaban J connectivity index is 2.11. The molecule has 1 heterocycles. The van der Waals surface area contributed by atoms with E-state index in [-0.39, 0.29) is 18.1 Å². The molecule has 1 aromatic carbocycles. The van der Waals surface area contributed by atoms with Crippen molar-refractivity contribution in [3.63, 3.8) is 0 Å². The average molecular weight is 249 g/mol. The van der Waals surface area contributed by atoms with Crippen molar-refractivity contribution < 1.29 is 14.6 Å². The number of carboxylic acid groups (broad SMARTS) is 1. The fourth-order valence-corrected chi connectivity index (χ4v) is 2.28. The number of hydrogen-bond acceptors (Lipinski definition) is 3. The molecule has 4 nitrogen and oxygen atoms in total. The molecule has 0 amide bonds. The molecule has 0 aromatic heterocycles. The van der Waals surface area contributed by atoms with Gasteiger partial charge in [-0.3, -0.25) is 4.79 Å². The van der Waals surface area contributed by atoms with Crippen molar-refractivity contribution >= 4 is 5.97 Å². The maximum absolute atomic E-state index is 10.5. The first-order valence-electron chi connectivity index (χ1n) is 6.16. The summed E-state index contributed by atoms with van der Waals surface area (Å²) in [4.78, 5) is 10.5. The summed E-state index contributed by atoms with van der Waals surface area (Å²) in [5.74, 6) is 0.0623. The topological polar surface area (TPSA) is 72.6 Å². The number of ether oxygens (including phenoxy) is 1. The summed E-state index contributed by atoms with van der Waals surface area (Å²) in [7, 11) is 0. The molecule has 0 saturated heterocycles. The third-order valence-corrected chi connectivity index (χ3v) is 3.19. The van der Waals surface area contributed by atoms with Crippen molar-refractivity contribution in [2.75, 3.05) is 0 Å². The minimum absolute atomic E-state index is 0.0879. The van der Waals surface area contributed by atoms with Crippen LogP contribution in [0.1, 0.15) is 43.9 Å². The Hall–Kier alpha value is -1.55. The van der Waals surface area contributed by atoms with Gasteiger partial charge < -0.3 is 15.6 Å². The van der Waals surface area contributed by atoms with E-state index in [1.54, 1.807) is 0 Å². The molecule has 0 aliphatic carbocycles. The van der Waals surface area contributed by atoms with Crippen LogP contribution in [0.3, 0.4) is 0 Å². The molecule has 4 heteroatoms. The van der Waals surface area contributed by atoms with Crippen LogP contribution in [0.5, 0.6) is 5.75 Å². The predicted octanol–water partition coefficient (Wildman–Crippen LogP) is 2.26. The maximum atomic E-state index is 10.5. The van der Waals surface area contributed by atoms with Crippen molar-refractivity contribution in [3.8, 4) is 5.75 Å². The molecule has 2 rings (SSSR count). The van der Waals surface area contributed by atoms with Gasteiger partial charge in [-0.2, -0.15) is 0 Å². The van der Waals surface area contributed by atoms with Crippen LogP contribution in [0.2, 0.25) is 0 Å². The lowest BCUT2D eigenvalue weighted by Gasteiger charge is -2.17. The first kappa shape index (κ1) is 12.9. The van der Waals surface area contributed by atoms with Crippen LogP contribution in [0.4, 0.5) is 0 Å². The highest BCUT2D eigenvalue weighted by atomic mass is 16.5. The van der Waals surface area contributed by atoms with E-state index < -0.39 is 5.97 Å². The Morgan fingerprint density at radius 2 is 2.28 bits per heavy atom. The lowest BCUT2D eigenvalue weighted by atomic mass is 9.98. The van der Waals surface area contributed by atoms with Crippen molar-refractivity contribution in [2.24, 2.45) is 5.73 Å². The molecule has 1 aliphatic heterocycles. The van der Waals surface area contributed by atoms with Gasteiger partial charge in [-0.05, 0) is 37.5 Å². The van der Waals surface area contributed by atoms with Crippen LogP contribution in [0.25, 0.3) is 0 Å². The number of carbonyl (C=O) groups is 1. The lowest BCUT2D eigenvalue weighted by Crippen LogP contribution is -2.24. The lowest BCUT2D eigenvalue weighted by molar-refractivity contribution is -0.137. The van der Waals surface area contributed by atoms with Gasteiger partial charge >= 0.3 is 5.97 Å². The fourth-order valence-electron chi connectivity index (χ4n) is 2.28. The number of carboxylic acids is 1. The van der Waals surface area contributed by atoms with Gasteiger partial charge in [0.15, 0.2) is 0 Å². The molecule has 0 spiro atoms. The normalized spacial score (nSPS) is 17.9. The van der Waals surface area contributed by atoms with Crippen molar-refractivity contribution in [1.82, 2.24) is 0 Å². The second-order valence-corrected chi connectivity index (χ2v) is 5.44. The van der Waals surface area contributed by atoms with Crippen molar-refractivity contribution in [3.05, 3.63) is 29.3 Å². The van der Waals surface area contributed by atoms with Crippen LogP contribution >= 0.6 is 0 Å². The molecule has 3 N–H and O–H groups in total. The van der Waals surface area contributed by atoms with E-state index in [0.29, 0.717) is 6.42 Å². The third kappa shape index (κ3) is 2.82. The van der Waals surface area contributed by atoms with E-state index in [9.17, 15) is 4.79 Å². The molecule has 0 saturated carbocycles. The molecule has 0 radical (unpaired) electrons. The zero-order valence-electron chi connectivity index (χ0n) is 10.8. The smallest absolute Gasteiger partial charge is 0.303 e. The SMILES string of the molecule is CC1(C)Cc2ccc(C(N)CCC(=O)O)cc2O1. The quantitative estimate of drug-likeness (QED) is 0.858. The van der Waals surface area contributed by atoms with Crippen molar-refractivity contribution in [1.29, 1.82) is 0 Å². The zero-order valence-corrected chi connectivity index (χ0v) is 10.8. The molecule has 18 heavy (non-hydrogen) atoms. The number of rotatable bonds is 4. The summed E-state index contributed by atoms with van der Waals surface area (Å²) in [6, 6.07) is 5.69. The Kier molecular flexibility index (Phi) is 3.30. The second-order valence-electron chi connectivity index (χ2n) is 5.44. The monoisotopic (exact) mass is 249 g/mol. The average Bonchev–Trinajstić information content (AvgIpc) is 2.58. The highest BCUT2D eigenvalue weighted by Gasteiger charge is 2.30. The van der Waals surface area contributed by atoms with Gasteiger partial charge in [0.25, 0.3) is 0 Å². The van der Waals surface area contributed by atoms with Gasteiger partial charge in [-0.1, -0.05) is 12.1 Å². The second kappa shape index (κ2) is 4.61. The molecule has 1 aliphatic rings. The van der Waals surface area contributed by atoms with E-state index in [1.165, 1.54) is 5.56 Å². The molecular formula is C14H19NO3. The van der Waals surface area contributed by atoms with Gasteiger partial charge in [0.05, 0.1) is 0 Å². The first-order chi connectivity index (χ1) is 8.37. The molecule has 98 valence electrons. The number of nitrogens with two attached hydrogens (primary N) is 1. The van der Waals surface area contributed by atoms with Gasteiger partial charge in [-0.15, -0.1) is 0 Å². The molecule has 1 aromatic rings. The fraction of sp³-hybridized carbons (Fsp3) is 0.500. The highest BCUT2D eigenvalue weighted by molar-refractivity contribution is 5.66. The minimum atomic E-state index is -0.816. The van der Waals surface area contributed by atoms with Crippen LogP contribution in [0, 0.1) is 0 Å². The Labute approximate surface area is 107 Å². The van der Waals surface area contributed by atoms with Crippen LogP contribution < -0.4 is 10.5 Å². The molecule has 0 fully saturated rings. The van der Waals surface area contributed by atoms with E-state index in [0.717, 1.165) is 17.7 Å². The third-order valence-electron chi connectivity index (χ3n) is 3.19. The van der Waals surface area contributed by atoms with Gasteiger partial charge in [-0.25, -0.2) is 0 Å². The molecule has 1 atom stereocenters. The summed E-state index contributed by atoms with van der Waals surface area (Å²) >= 11 is 0. The van der Waals surface area contributed by atoms with E-state index >= 15 is 0 Å². The van der Waals surface area contributed by atoms with E-state index in [1.807, 2.05) is 18.2 Å². The Morgan fingerprint density at radius 1 is 1.56 bits per heavy atom. The zero-order chi connectivity index (χ0) is 13.3. The summed E-state index contributed by atoms with van der Waals surface area (Å²) in [6.45, 7) is 4.11. The summed E-state index contributed by atoms with van der Waals surface area (Å²) < 4.78 is 5.84. The Morgan fingerprint density at radius 3 is 2.94 bits per heavy atom. The van der Waals surface area contributed by atoms with Gasteiger partial charge in [0, 0.05) is 18.9 Å². The standard InChI is InChI=1S/C14H19NO3/c1-14(2)8-10-4-3-9(7-12(10)18-14)11(15)5-6-13(16)17/h3-4,7,11H,5-6,8,15H2,1-2H3,(H,16,17). The van der Waals surface area contributed by atoms with Crippen LogP contribution in [-0.2, 0) is 11.2 Å². The number of aliphatic carboxylic acids is 1. The minimum Gasteiger partial charge on any atom is -0.487 e. The number of fused-ring (bicyclic) bond motifs is 1. The van der Waals surface area contributed by atoms with Gasteiger partial charge in [0.1, 0.15) is 11.4 Å². The number of hydrogen-bond donors (Lipinski definition) is 2. The van der Waals surface area contributed by atoms with Crippen LogP contribution in [-0.4, -0.2) is 16.7 Å².